The quantitative estimate of drug-likeness (QED) is 0.659. The number of ether oxygens (including phenoxy) is 3. The molecule has 0 aromatic heterocycles. The van der Waals surface area contributed by atoms with Crippen molar-refractivity contribution >= 4 is 12.0 Å². The molecule has 1 fully saturated rings. The molecule has 1 aromatic carbocycles. The number of rotatable bonds is 7. The molecule has 8 heteroatoms. The normalized spacial score (nSPS) is 20.7. The van der Waals surface area contributed by atoms with Gasteiger partial charge in [-0.15, -0.1) is 0 Å². The Kier molecular flexibility index (Phi) is 7.58. The Morgan fingerprint density at radius 2 is 2.00 bits per heavy atom. The van der Waals surface area contributed by atoms with Crippen LogP contribution < -0.4 is 10.6 Å². The molecule has 1 aliphatic heterocycles. The number of hydrogen-bond acceptors (Lipinski definition) is 6. The van der Waals surface area contributed by atoms with E-state index in [1.54, 1.807) is 0 Å². The lowest BCUT2D eigenvalue weighted by molar-refractivity contribution is -0.130. The molecule has 2 amide bonds. The molecule has 0 bridgehead atoms. The first kappa shape index (κ1) is 21.1. The maximum Gasteiger partial charge on any atom is 0.408 e. The van der Waals surface area contributed by atoms with Crippen molar-refractivity contribution in [2.24, 2.45) is 0 Å². The number of carbonyl (C=O) groups is 2. The average molecular weight is 380 g/mol. The Hall–Kier alpha value is -2.16. The number of benzene rings is 1. The minimum absolute atomic E-state index is 0.0283. The average Bonchev–Trinajstić information content (AvgIpc) is 3.01. The third-order valence-electron chi connectivity index (χ3n) is 3.89. The highest BCUT2D eigenvalue weighted by Gasteiger charge is 2.31. The van der Waals surface area contributed by atoms with Gasteiger partial charge in [0.05, 0.1) is 24.9 Å². The summed E-state index contributed by atoms with van der Waals surface area (Å²) in [6.07, 6.45) is -1.28. The number of nitrogens with one attached hydrogen (secondary N) is 2. The molecule has 150 valence electrons. The van der Waals surface area contributed by atoms with Gasteiger partial charge in [0.15, 0.2) is 6.29 Å². The minimum Gasteiger partial charge on any atom is -0.445 e. The van der Waals surface area contributed by atoms with E-state index >= 15 is 0 Å². The van der Waals surface area contributed by atoms with Gasteiger partial charge in [-0.3, -0.25) is 4.79 Å². The van der Waals surface area contributed by atoms with Crippen LogP contribution >= 0.6 is 0 Å². The van der Waals surface area contributed by atoms with Crippen LogP contribution in [0, 0.1) is 0 Å². The molecule has 0 aliphatic carbocycles. The predicted octanol–water partition coefficient (Wildman–Crippen LogP) is 1.32. The Bertz CT molecular complexity index is 616. The zero-order valence-electron chi connectivity index (χ0n) is 15.9. The molecule has 0 saturated carbocycles. The smallest absolute Gasteiger partial charge is 0.408 e. The van der Waals surface area contributed by atoms with E-state index in [4.69, 9.17) is 14.2 Å². The molecular weight excluding hydrogens is 352 g/mol. The summed E-state index contributed by atoms with van der Waals surface area (Å²) in [4.78, 5) is 24.7. The second kappa shape index (κ2) is 9.68. The molecule has 3 N–H and O–H groups in total. The summed E-state index contributed by atoms with van der Waals surface area (Å²) >= 11 is 0. The van der Waals surface area contributed by atoms with Crippen molar-refractivity contribution in [1.29, 1.82) is 0 Å². The predicted molar refractivity (Wildman–Crippen MR) is 97.8 cm³/mol. The van der Waals surface area contributed by atoms with Crippen molar-refractivity contribution in [3.05, 3.63) is 35.9 Å². The van der Waals surface area contributed by atoms with Crippen molar-refractivity contribution < 1.29 is 28.9 Å². The van der Waals surface area contributed by atoms with Crippen LogP contribution in [0.3, 0.4) is 0 Å². The van der Waals surface area contributed by atoms with E-state index in [1.165, 1.54) is 0 Å². The van der Waals surface area contributed by atoms with Gasteiger partial charge in [-0.1, -0.05) is 30.3 Å². The Balaban J connectivity index is 1.91. The van der Waals surface area contributed by atoms with Gasteiger partial charge in [0, 0.05) is 0 Å². The molecule has 3 atom stereocenters. The Labute approximate surface area is 159 Å². The molecule has 2 unspecified atom stereocenters. The second-order valence-corrected chi connectivity index (χ2v) is 7.35. The van der Waals surface area contributed by atoms with Gasteiger partial charge in [0.25, 0.3) is 0 Å². The molecule has 1 heterocycles. The fraction of sp³-hybridized carbons (Fsp3) is 0.579. The molecule has 2 rings (SSSR count). The molecule has 1 aromatic rings. The molecule has 0 spiro atoms. The van der Waals surface area contributed by atoms with Crippen LogP contribution in [-0.2, 0) is 25.6 Å². The van der Waals surface area contributed by atoms with E-state index in [0.29, 0.717) is 13.0 Å². The monoisotopic (exact) mass is 380 g/mol. The lowest BCUT2D eigenvalue weighted by Crippen LogP contribution is -2.54. The summed E-state index contributed by atoms with van der Waals surface area (Å²) in [5.41, 5.74) is 0.357. The zero-order valence-corrected chi connectivity index (χ0v) is 15.9. The Morgan fingerprint density at radius 3 is 2.59 bits per heavy atom. The van der Waals surface area contributed by atoms with Crippen molar-refractivity contribution in [3.8, 4) is 0 Å². The van der Waals surface area contributed by atoms with Crippen molar-refractivity contribution in [1.82, 2.24) is 10.6 Å². The van der Waals surface area contributed by atoms with Gasteiger partial charge in [0.2, 0.25) is 5.91 Å². The van der Waals surface area contributed by atoms with E-state index in [2.05, 4.69) is 10.6 Å². The molecule has 1 saturated heterocycles. The standard InChI is InChI=1S/C19H28N2O6/c1-19(2,3)27-12-15(16(22)20-14-9-10-25-17(14)23)21-18(24)26-11-13-7-5-4-6-8-13/h4-8,14-15,17,23H,9-12H2,1-3H3,(H,20,22)(H,21,24)/t14-,15?,17?/m0/s1. The van der Waals surface area contributed by atoms with Crippen molar-refractivity contribution in [2.45, 2.75) is 57.8 Å². The fourth-order valence-corrected chi connectivity index (χ4v) is 2.42. The lowest BCUT2D eigenvalue weighted by Gasteiger charge is -2.26. The van der Waals surface area contributed by atoms with Crippen LogP contribution in [0.4, 0.5) is 4.79 Å². The Morgan fingerprint density at radius 1 is 1.30 bits per heavy atom. The summed E-state index contributed by atoms with van der Waals surface area (Å²) in [7, 11) is 0. The first-order valence-corrected chi connectivity index (χ1v) is 8.96. The maximum atomic E-state index is 12.5. The van der Waals surface area contributed by atoms with Gasteiger partial charge in [-0.05, 0) is 32.8 Å². The number of alkyl carbamates (subject to hydrolysis) is 1. The number of carbonyl (C=O) groups excluding carboxylic acids is 2. The van der Waals surface area contributed by atoms with Gasteiger partial charge < -0.3 is 30.0 Å². The third-order valence-corrected chi connectivity index (χ3v) is 3.89. The van der Waals surface area contributed by atoms with Gasteiger partial charge in [0.1, 0.15) is 12.6 Å². The minimum atomic E-state index is -1.05. The van der Waals surface area contributed by atoms with Crippen LogP contribution in [0.15, 0.2) is 30.3 Å². The van der Waals surface area contributed by atoms with E-state index in [-0.39, 0.29) is 13.2 Å². The summed E-state index contributed by atoms with van der Waals surface area (Å²) in [6.45, 7) is 5.98. The lowest BCUT2D eigenvalue weighted by atomic mass is 10.1. The number of aliphatic hydroxyl groups excluding tert-OH is 1. The molecule has 0 radical (unpaired) electrons. The zero-order chi connectivity index (χ0) is 19.9. The highest BCUT2D eigenvalue weighted by atomic mass is 16.6. The van der Waals surface area contributed by atoms with Crippen molar-refractivity contribution in [2.75, 3.05) is 13.2 Å². The van der Waals surface area contributed by atoms with Gasteiger partial charge >= 0.3 is 6.09 Å². The van der Waals surface area contributed by atoms with Crippen LogP contribution in [-0.4, -0.2) is 54.3 Å². The van der Waals surface area contributed by atoms with Gasteiger partial charge in [-0.2, -0.15) is 0 Å². The van der Waals surface area contributed by atoms with E-state index in [1.807, 2.05) is 51.1 Å². The summed E-state index contributed by atoms with van der Waals surface area (Å²) in [5.74, 6) is -0.467. The first-order chi connectivity index (χ1) is 12.7. The molecule has 1 aliphatic rings. The van der Waals surface area contributed by atoms with E-state index < -0.39 is 36.0 Å². The first-order valence-electron chi connectivity index (χ1n) is 8.96. The number of amides is 2. The van der Waals surface area contributed by atoms with E-state index in [0.717, 1.165) is 5.56 Å². The topological polar surface area (TPSA) is 106 Å². The maximum absolute atomic E-state index is 12.5. The molecule has 27 heavy (non-hydrogen) atoms. The number of aliphatic hydroxyl groups is 1. The van der Waals surface area contributed by atoms with E-state index in [9.17, 15) is 14.7 Å². The largest absolute Gasteiger partial charge is 0.445 e. The SMILES string of the molecule is CC(C)(C)OCC(NC(=O)OCc1ccccc1)C(=O)N[C@H]1CCOC1O. The van der Waals surface area contributed by atoms with Crippen LogP contribution in [0.5, 0.6) is 0 Å². The van der Waals surface area contributed by atoms with Crippen molar-refractivity contribution in [3.63, 3.8) is 0 Å². The highest BCUT2D eigenvalue weighted by molar-refractivity contribution is 5.86. The highest BCUT2D eigenvalue weighted by Crippen LogP contribution is 2.12. The molecule has 8 nitrogen and oxygen atoms in total. The molecular formula is C19H28N2O6. The van der Waals surface area contributed by atoms with Gasteiger partial charge in [-0.25, -0.2) is 4.79 Å². The summed E-state index contributed by atoms with van der Waals surface area (Å²) in [5, 5.41) is 14.9. The summed E-state index contributed by atoms with van der Waals surface area (Å²) < 4.78 is 15.8. The number of hydrogen-bond donors (Lipinski definition) is 3. The van der Waals surface area contributed by atoms with Crippen LogP contribution in [0.25, 0.3) is 0 Å². The van der Waals surface area contributed by atoms with Crippen LogP contribution in [0.2, 0.25) is 0 Å². The fourth-order valence-electron chi connectivity index (χ4n) is 2.42. The summed E-state index contributed by atoms with van der Waals surface area (Å²) in [6, 6.07) is 7.76. The third kappa shape index (κ3) is 7.54. The van der Waals surface area contributed by atoms with Crippen LogP contribution in [0.1, 0.15) is 32.8 Å². The second-order valence-electron chi connectivity index (χ2n) is 7.35.